The molecule has 0 saturated heterocycles. The van der Waals surface area contributed by atoms with Gasteiger partial charge in [-0.05, 0) is 30.5 Å². The highest BCUT2D eigenvalue weighted by atomic mass is 32.2. The van der Waals surface area contributed by atoms with Gasteiger partial charge in [0.05, 0.1) is 0 Å². The van der Waals surface area contributed by atoms with Crippen LogP contribution in [0.15, 0.2) is 41.6 Å². The van der Waals surface area contributed by atoms with Crippen LogP contribution in [0, 0.1) is 0 Å². The Kier molecular flexibility index (Phi) is 4.63. The fourth-order valence-electron chi connectivity index (χ4n) is 1.77. The monoisotopic (exact) mass is 275 g/mol. The summed E-state index contributed by atoms with van der Waals surface area (Å²) >= 11 is 1.66. The van der Waals surface area contributed by atoms with Crippen molar-refractivity contribution in [1.29, 1.82) is 0 Å². The van der Waals surface area contributed by atoms with Gasteiger partial charge in [-0.15, -0.1) is 11.8 Å². The largest absolute Gasteiger partial charge is 0.352 e. The first-order valence-electron chi connectivity index (χ1n) is 6.09. The minimum atomic E-state index is -0.0399. The quantitative estimate of drug-likeness (QED) is 0.850. The highest BCUT2D eigenvalue weighted by molar-refractivity contribution is 7.98. The van der Waals surface area contributed by atoms with Gasteiger partial charge < -0.3 is 9.88 Å². The topological polar surface area (TPSA) is 46.9 Å². The molecule has 0 saturated carbocycles. The maximum Gasteiger partial charge on any atom is 0.251 e. The van der Waals surface area contributed by atoms with Crippen LogP contribution < -0.4 is 5.32 Å². The maximum absolute atomic E-state index is 11.9. The molecule has 1 aromatic carbocycles. The summed E-state index contributed by atoms with van der Waals surface area (Å²) in [7, 11) is 1.95. The molecular weight excluding hydrogens is 258 g/mol. The van der Waals surface area contributed by atoms with Crippen LogP contribution in [0.5, 0.6) is 0 Å². The molecule has 1 aromatic heterocycles. The number of hydrogen-bond acceptors (Lipinski definition) is 3. The molecule has 0 bridgehead atoms. The Labute approximate surface area is 117 Å². The Hall–Kier alpha value is -1.75. The number of nitrogens with one attached hydrogen (secondary N) is 1. The SMILES string of the molecule is CSc1ccc(C(=O)NCCc2nccn2C)cc1. The van der Waals surface area contributed by atoms with E-state index in [4.69, 9.17) is 0 Å². The van der Waals surface area contributed by atoms with Gasteiger partial charge in [0, 0.05) is 42.9 Å². The minimum Gasteiger partial charge on any atom is -0.352 e. The van der Waals surface area contributed by atoms with Gasteiger partial charge in [-0.1, -0.05) is 0 Å². The summed E-state index contributed by atoms with van der Waals surface area (Å²) in [6.45, 7) is 0.591. The smallest absolute Gasteiger partial charge is 0.251 e. The number of aryl methyl sites for hydroxylation is 1. The zero-order valence-corrected chi connectivity index (χ0v) is 11.9. The number of rotatable bonds is 5. The molecule has 5 heteroatoms. The van der Waals surface area contributed by atoms with Crippen LogP contribution in [0.2, 0.25) is 0 Å². The highest BCUT2D eigenvalue weighted by Gasteiger charge is 2.05. The van der Waals surface area contributed by atoms with Crippen LogP contribution in [0.1, 0.15) is 16.2 Å². The van der Waals surface area contributed by atoms with Crippen LogP contribution in [0.4, 0.5) is 0 Å². The minimum absolute atomic E-state index is 0.0399. The Morgan fingerprint density at radius 1 is 1.37 bits per heavy atom. The van der Waals surface area contributed by atoms with Gasteiger partial charge in [-0.25, -0.2) is 4.98 Å². The predicted octanol–water partition coefficient (Wildman–Crippen LogP) is 2.11. The summed E-state index contributed by atoms with van der Waals surface area (Å²) < 4.78 is 1.96. The van der Waals surface area contributed by atoms with Crippen molar-refractivity contribution in [3.8, 4) is 0 Å². The maximum atomic E-state index is 11.9. The molecule has 0 atom stereocenters. The number of thioether (sulfide) groups is 1. The lowest BCUT2D eigenvalue weighted by Crippen LogP contribution is -2.26. The van der Waals surface area contributed by atoms with Crippen LogP contribution in [-0.2, 0) is 13.5 Å². The molecule has 0 unspecified atom stereocenters. The fourth-order valence-corrected chi connectivity index (χ4v) is 2.18. The number of hydrogen-bond donors (Lipinski definition) is 1. The number of carbonyl (C=O) groups is 1. The van der Waals surface area contributed by atoms with Gasteiger partial charge in [0.1, 0.15) is 5.82 Å². The lowest BCUT2D eigenvalue weighted by atomic mass is 10.2. The fraction of sp³-hybridized carbons (Fsp3) is 0.286. The molecule has 0 aliphatic heterocycles. The van der Waals surface area contributed by atoms with E-state index < -0.39 is 0 Å². The van der Waals surface area contributed by atoms with E-state index in [0.29, 0.717) is 12.1 Å². The van der Waals surface area contributed by atoms with Crippen molar-refractivity contribution in [3.05, 3.63) is 48.0 Å². The summed E-state index contributed by atoms with van der Waals surface area (Å²) in [5.74, 6) is 0.930. The molecule has 2 aromatic rings. The van der Waals surface area contributed by atoms with Crippen LogP contribution in [0.3, 0.4) is 0 Å². The third-order valence-corrected chi connectivity index (χ3v) is 3.65. The van der Waals surface area contributed by atoms with E-state index in [9.17, 15) is 4.79 Å². The summed E-state index contributed by atoms with van der Waals surface area (Å²) in [5.41, 5.74) is 0.692. The summed E-state index contributed by atoms with van der Waals surface area (Å²) in [6.07, 6.45) is 6.41. The first kappa shape index (κ1) is 13.7. The third kappa shape index (κ3) is 3.61. The zero-order valence-electron chi connectivity index (χ0n) is 11.1. The molecule has 0 fully saturated rings. The van der Waals surface area contributed by atoms with Gasteiger partial charge in [0.15, 0.2) is 0 Å². The third-order valence-electron chi connectivity index (χ3n) is 2.91. The van der Waals surface area contributed by atoms with E-state index >= 15 is 0 Å². The molecule has 2 rings (SSSR count). The van der Waals surface area contributed by atoms with Gasteiger partial charge in [-0.2, -0.15) is 0 Å². The van der Waals surface area contributed by atoms with E-state index in [1.807, 2.05) is 48.3 Å². The van der Waals surface area contributed by atoms with Crippen molar-refractivity contribution in [2.75, 3.05) is 12.8 Å². The van der Waals surface area contributed by atoms with Crippen molar-refractivity contribution in [1.82, 2.24) is 14.9 Å². The second-order valence-corrected chi connectivity index (χ2v) is 5.07. The average molecular weight is 275 g/mol. The zero-order chi connectivity index (χ0) is 13.7. The summed E-state index contributed by atoms with van der Waals surface area (Å²) in [4.78, 5) is 17.3. The van der Waals surface area contributed by atoms with Gasteiger partial charge in [0.2, 0.25) is 0 Å². The number of aromatic nitrogens is 2. The Morgan fingerprint density at radius 2 is 2.11 bits per heavy atom. The van der Waals surface area contributed by atoms with Crippen molar-refractivity contribution < 1.29 is 4.79 Å². The molecule has 0 spiro atoms. The van der Waals surface area contributed by atoms with Crippen molar-refractivity contribution >= 4 is 17.7 Å². The van der Waals surface area contributed by atoms with Crippen LogP contribution in [-0.4, -0.2) is 28.3 Å². The first-order chi connectivity index (χ1) is 9.20. The number of carbonyl (C=O) groups excluding carboxylic acids is 1. The van der Waals surface area contributed by atoms with Gasteiger partial charge in [0.25, 0.3) is 5.91 Å². The number of nitrogens with zero attached hydrogens (tertiary/aromatic N) is 2. The van der Waals surface area contributed by atoms with E-state index in [0.717, 1.165) is 17.1 Å². The van der Waals surface area contributed by atoms with E-state index in [1.165, 1.54) is 0 Å². The summed E-state index contributed by atoms with van der Waals surface area (Å²) in [5, 5.41) is 2.90. The Balaban J connectivity index is 1.85. The van der Waals surface area contributed by atoms with E-state index in [1.54, 1.807) is 18.0 Å². The summed E-state index contributed by atoms with van der Waals surface area (Å²) in [6, 6.07) is 7.61. The average Bonchev–Trinajstić information content (AvgIpc) is 2.84. The molecule has 1 N–H and O–H groups in total. The normalized spacial score (nSPS) is 10.4. The standard InChI is InChI=1S/C14H17N3OS/c1-17-10-9-15-13(17)7-8-16-14(18)11-3-5-12(19-2)6-4-11/h3-6,9-10H,7-8H2,1-2H3,(H,16,18). The predicted molar refractivity (Wildman–Crippen MR) is 77.5 cm³/mol. The molecule has 19 heavy (non-hydrogen) atoms. The van der Waals surface area contributed by atoms with Crippen LogP contribution >= 0.6 is 11.8 Å². The van der Waals surface area contributed by atoms with Crippen molar-refractivity contribution in [2.24, 2.45) is 7.05 Å². The van der Waals surface area contributed by atoms with E-state index in [-0.39, 0.29) is 5.91 Å². The van der Waals surface area contributed by atoms with Crippen molar-refractivity contribution in [3.63, 3.8) is 0 Å². The lowest BCUT2D eigenvalue weighted by molar-refractivity contribution is 0.0954. The number of imidazole rings is 1. The van der Waals surface area contributed by atoms with E-state index in [2.05, 4.69) is 10.3 Å². The van der Waals surface area contributed by atoms with Gasteiger partial charge >= 0.3 is 0 Å². The Morgan fingerprint density at radius 3 is 2.68 bits per heavy atom. The number of benzene rings is 1. The molecule has 0 radical (unpaired) electrons. The molecule has 4 nitrogen and oxygen atoms in total. The highest BCUT2D eigenvalue weighted by Crippen LogP contribution is 2.14. The molecule has 100 valence electrons. The lowest BCUT2D eigenvalue weighted by Gasteiger charge is -2.06. The van der Waals surface area contributed by atoms with Gasteiger partial charge in [-0.3, -0.25) is 4.79 Å². The number of amides is 1. The van der Waals surface area contributed by atoms with Crippen LogP contribution in [0.25, 0.3) is 0 Å². The second kappa shape index (κ2) is 6.43. The molecule has 0 aliphatic carbocycles. The molecule has 1 heterocycles. The molecule has 1 amide bonds. The van der Waals surface area contributed by atoms with Crippen molar-refractivity contribution in [2.45, 2.75) is 11.3 Å². The molecule has 0 aliphatic rings. The Bertz CT molecular complexity index is 548. The second-order valence-electron chi connectivity index (χ2n) is 4.19. The molecular formula is C14H17N3OS. The first-order valence-corrected chi connectivity index (χ1v) is 7.31.